The van der Waals surface area contributed by atoms with Crippen LogP contribution in [-0.2, 0) is 4.79 Å². The molecule has 1 amide bonds. The van der Waals surface area contributed by atoms with Crippen LogP contribution in [0.15, 0.2) is 0 Å². The Morgan fingerprint density at radius 1 is 1.58 bits per heavy atom. The van der Waals surface area contributed by atoms with Crippen molar-refractivity contribution in [3.63, 3.8) is 0 Å². The molecule has 3 heteroatoms. The largest absolute Gasteiger partial charge is 0.390 e. The second-order valence-corrected chi connectivity index (χ2v) is 4.05. The summed E-state index contributed by atoms with van der Waals surface area (Å²) in [4.78, 5) is 13.0. The summed E-state index contributed by atoms with van der Waals surface area (Å²) in [7, 11) is 0. The minimum absolute atomic E-state index is 0.235. The zero-order valence-electron chi connectivity index (χ0n) is 7.84. The standard InChI is InChI=1S/C9H17NO2/c1-9(2,12)5-7-10-6-3-4-8(10)11/h12H,3-7H2,1-2H3. The van der Waals surface area contributed by atoms with E-state index in [4.69, 9.17) is 0 Å². The van der Waals surface area contributed by atoms with Crippen molar-refractivity contribution in [1.29, 1.82) is 0 Å². The molecule has 1 heterocycles. The van der Waals surface area contributed by atoms with Gasteiger partial charge >= 0.3 is 0 Å². The maximum Gasteiger partial charge on any atom is 0.222 e. The third-order valence-corrected chi connectivity index (χ3v) is 2.16. The summed E-state index contributed by atoms with van der Waals surface area (Å²) in [6, 6.07) is 0. The van der Waals surface area contributed by atoms with E-state index < -0.39 is 5.60 Å². The van der Waals surface area contributed by atoms with Gasteiger partial charge in [-0.15, -0.1) is 0 Å². The Bertz CT molecular complexity index is 172. The molecule has 1 fully saturated rings. The van der Waals surface area contributed by atoms with Gasteiger partial charge in [-0.3, -0.25) is 4.79 Å². The SMILES string of the molecule is CC(C)(O)CCN1CCCC1=O. The number of carbonyl (C=O) groups is 1. The molecule has 12 heavy (non-hydrogen) atoms. The lowest BCUT2D eigenvalue weighted by molar-refractivity contribution is -0.128. The molecule has 1 rings (SSSR count). The van der Waals surface area contributed by atoms with Crippen LogP contribution in [0.25, 0.3) is 0 Å². The fourth-order valence-corrected chi connectivity index (χ4v) is 1.35. The molecule has 0 radical (unpaired) electrons. The van der Waals surface area contributed by atoms with Crippen LogP contribution >= 0.6 is 0 Å². The van der Waals surface area contributed by atoms with Gasteiger partial charge in [0.05, 0.1) is 5.60 Å². The highest BCUT2D eigenvalue weighted by molar-refractivity contribution is 5.77. The molecule has 0 unspecified atom stereocenters. The minimum atomic E-state index is -0.650. The van der Waals surface area contributed by atoms with Crippen molar-refractivity contribution in [2.45, 2.75) is 38.7 Å². The normalized spacial score (nSPS) is 18.9. The molecule has 0 atom stereocenters. The van der Waals surface area contributed by atoms with Crippen LogP contribution in [0.5, 0.6) is 0 Å². The van der Waals surface area contributed by atoms with Crippen LogP contribution in [0.2, 0.25) is 0 Å². The van der Waals surface area contributed by atoms with Crippen molar-refractivity contribution in [3.05, 3.63) is 0 Å². The number of carbonyl (C=O) groups excluding carboxylic acids is 1. The van der Waals surface area contributed by atoms with Gasteiger partial charge in [-0.05, 0) is 26.7 Å². The smallest absolute Gasteiger partial charge is 0.222 e. The lowest BCUT2D eigenvalue weighted by Gasteiger charge is -2.22. The van der Waals surface area contributed by atoms with Gasteiger partial charge in [0.2, 0.25) is 5.91 Å². The van der Waals surface area contributed by atoms with Gasteiger partial charge in [0, 0.05) is 19.5 Å². The first kappa shape index (κ1) is 9.52. The molecule has 0 aromatic heterocycles. The van der Waals surface area contributed by atoms with Crippen molar-refractivity contribution in [2.75, 3.05) is 13.1 Å². The van der Waals surface area contributed by atoms with Crippen molar-refractivity contribution in [2.24, 2.45) is 0 Å². The molecule has 0 saturated carbocycles. The summed E-state index contributed by atoms with van der Waals surface area (Å²) in [5.74, 6) is 0.235. The van der Waals surface area contributed by atoms with Gasteiger partial charge in [0.15, 0.2) is 0 Å². The van der Waals surface area contributed by atoms with Crippen molar-refractivity contribution in [1.82, 2.24) is 4.90 Å². The Labute approximate surface area is 73.4 Å². The summed E-state index contributed by atoms with van der Waals surface area (Å²) < 4.78 is 0. The molecule has 1 aliphatic rings. The molecule has 3 nitrogen and oxygen atoms in total. The second kappa shape index (κ2) is 3.44. The molecular formula is C9H17NO2. The maximum atomic E-state index is 11.1. The van der Waals surface area contributed by atoms with Crippen LogP contribution in [0, 0.1) is 0 Å². The molecule has 70 valence electrons. The quantitative estimate of drug-likeness (QED) is 0.681. The summed E-state index contributed by atoms with van der Waals surface area (Å²) in [5, 5.41) is 9.43. The predicted molar refractivity (Wildman–Crippen MR) is 46.7 cm³/mol. The summed E-state index contributed by atoms with van der Waals surface area (Å²) in [6.07, 6.45) is 2.33. The first-order chi connectivity index (χ1) is 5.49. The van der Waals surface area contributed by atoms with Crippen LogP contribution < -0.4 is 0 Å². The molecule has 1 saturated heterocycles. The van der Waals surface area contributed by atoms with Gasteiger partial charge in [-0.1, -0.05) is 0 Å². The third-order valence-electron chi connectivity index (χ3n) is 2.16. The fourth-order valence-electron chi connectivity index (χ4n) is 1.35. The number of aliphatic hydroxyl groups is 1. The highest BCUT2D eigenvalue weighted by Gasteiger charge is 2.22. The zero-order valence-corrected chi connectivity index (χ0v) is 7.84. The van der Waals surface area contributed by atoms with E-state index in [9.17, 15) is 9.90 Å². The zero-order chi connectivity index (χ0) is 9.19. The van der Waals surface area contributed by atoms with Gasteiger partial charge in [-0.2, -0.15) is 0 Å². The van der Waals surface area contributed by atoms with E-state index in [1.807, 2.05) is 4.90 Å². The monoisotopic (exact) mass is 171 g/mol. The second-order valence-electron chi connectivity index (χ2n) is 4.05. The highest BCUT2D eigenvalue weighted by Crippen LogP contribution is 2.14. The maximum absolute atomic E-state index is 11.1. The van der Waals surface area contributed by atoms with E-state index in [0.29, 0.717) is 19.4 Å². The molecule has 0 bridgehead atoms. The topological polar surface area (TPSA) is 40.5 Å². The Kier molecular flexibility index (Phi) is 2.73. The van der Waals surface area contributed by atoms with Crippen molar-refractivity contribution in [3.8, 4) is 0 Å². The Morgan fingerprint density at radius 2 is 2.25 bits per heavy atom. The summed E-state index contributed by atoms with van der Waals surface area (Å²) in [6.45, 7) is 5.11. The van der Waals surface area contributed by atoms with Crippen LogP contribution in [0.4, 0.5) is 0 Å². The van der Waals surface area contributed by atoms with E-state index >= 15 is 0 Å². The lowest BCUT2D eigenvalue weighted by atomic mass is 10.1. The first-order valence-electron chi connectivity index (χ1n) is 4.49. The summed E-state index contributed by atoms with van der Waals surface area (Å²) >= 11 is 0. The van der Waals surface area contributed by atoms with E-state index in [1.165, 1.54) is 0 Å². The molecule has 1 aliphatic heterocycles. The van der Waals surface area contributed by atoms with Crippen LogP contribution in [0.3, 0.4) is 0 Å². The number of rotatable bonds is 3. The molecule has 0 spiro atoms. The lowest BCUT2D eigenvalue weighted by Crippen LogP contribution is -2.31. The number of nitrogens with zero attached hydrogens (tertiary/aromatic N) is 1. The Morgan fingerprint density at radius 3 is 2.67 bits per heavy atom. The van der Waals surface area contributed by atoms with E-state index in [2.05, 4.69) is 0 Å². The van der Waals surface area contributed by atoms with Crippen molar-refractivity contribution < 1.29 is 9.90 Å². The van der Waals surface area contributed by atoms with Crippen LogP contribution in [-0.4, -0.2) is 34.6 Å². The first-order valence-corrected chi connectivity index (χ1v) is 4.49. The van der Waals surface area contributed by atoms with Gasteiger partial charge in [-0.25, -0.2) is 0 Å². The number of amides is 1. The van der Waals surface area contributed by atoms with Crippen LogP contribution in [0.1, 0.15) is 33.1 Å². The molecular weight excluding hydrogens is 154 g/mol. The Hall–Kier alpha value is -0.570. The predicted octanol–water partition coefficient (Wildman–Crippen LogP) is 0.770. The molecule has 0 aromatic carbocycles. The highest BCUT2D eigenvalue weighted by atomic mass is 16.3. The minimum Gasteiger partial charge on any atom is -0.390 e. The number of hydrogen-bond donors (Lipinski definition) is 1. The van der Waals surface area contributed by atoms with Gasteiger partial charge in [0.1, 0.15) is 0 Å². The Balaban J connectivity index is 2.27. The number of hydrogen-bond acceptors (Lipinski definition) is 2. The fraction of sp³-hybridized carbons (Fsp3) is 0.889. The number of likely N-dealkylation sites (tertiary alicyclic amines) is 1. The molecule has 0 aromatic rings. The van der Waals surface area contributed by atoms with Gasteiger partial charge in [0.25, 0.3) is 0 Å². The molecule has 1 N–H and O–H groups in total. The summed E-state index contributed by atoms with van der Waals surface area (Å²) in [5.41, 5.74) is -0.650. The van der Waals surface area contributed by atoms with E-state index in [-0.39, 0.29) is 5.91 Å². The average Bonchev–Trinajstić information content (AvgIpc) is 2.29. The molecule has 0 aliphatic carbocycles. The van der Waals surface area contributed by atoms with E-state index in [0.717, 1.165) is 13.0 Å². The van der Waals surface area contributed by atoms with Crippen molar-refractivity contribution >= 4 is 5.91 Å². The average molecular weight is 171 g/mol. The van der Waals surface area contributed by atoms with Gasteiger partial charge < -0.3 is 10.0 Å². The third kappa shape index (κ3) is 2.81. The van der Waals surface area contributed by atoms with E-state index in [1.54, 1.807) is 13.8 Å².